The number of carbonyl (C=O) groups excluding carboxylic acids is 1. The lowest BCUT2D eigenvalue weighted by Gasteiger charge is -2.29. The third kappa shape index (κ3) is 4.94. The van der Waals surface area contributed by atoms with E-state index < -0.39 is 0 Å². The van der Waals surface area contributed by atoms with Crippen LogP contribution in [-0.4, -0.2) is 67.3 Å². The van der Waals surface area contributed by atoms with Crippen LogP contribution in [0.25, 0.3) is 0 Å². The predicted octanol–water partition coefficient (Wildman–Crippen LogP) is 1.13. The fraction of sp³-hybridized carbons (Fsp3) is 0.933. The van der Waals surface area contributed by atoms with Gasteiger partial charge < -0.3 is 20.2 Å². The van der Waals surface area contributed by atoms with E-state index in [1.54, 1.807) is 11.9 Å². The molecule has 1 saturated heterocycles. The summed E-state index contributed by atoms with van der Waals surface area (Å²) in [5.41, 5.74) is 0. The summed E-state index contributed by atoms with van der Waals surface area (Å²) in [5, 5.41) is 12.8. The Morgan fingerprint density at radius 1 is 1.35 bits per heavy atom. The monoisotopic (exact) mass is 283 g/mol. The molecule has 1 saturated carbocycles. The van der Waals surface area contributed by atoms with Gasteiger partial charge in [0.25, 0.3) is 0 Å². The normalized spacial score (nSPS) is 22.6. The number of nitrogens with one attached hydrogen (secondary N) is 1. The van der Waals surface area contributed by atoms with Crippen LogP contribution in [0.2, 0.25) is 0 Å². The molecule has 1 heterocycles. The molecule has 1 unspecified atom stereocenters. The van der Waals surface area contributed by atoms with E-state index in [-0.39, 0.29) is 12.1 Å². The zero-order chi connectivity index (χ0) is 14.5. The van der Waals surface area contributed by atoms with Gasteiger partial charge >= 0.3 is 6.03 Å². The number of likely N-dealkylation sites (N-methyl/N-ethyl adjacent to an activating group) is 1. The third-order valence-electron chi connectivity index (χ3n) is 4.64. The van der Waals surface area contributed by atoms with Crippen LogP contribution >= 0.6 is 0 Å². The van der Waals surface area contributed by atoms with Crippen molar-refractivity contribution in [3.8, 4) is 0 Å². The SMILES string of the molecule is CN1CCC(CCNC(=O)N(C)CC(O)C2CC2)CC1. The fourth-order valence-electron chi connectivity index (χ4n) is 2.86. The van der Waals surface area contributed by atoms with Crippen molar-refractivity contribution in [3.63, 3.8) is 0 Å². The number of aliphatic hydroxyl groups excluding tert-OH is 1. The molecule has 20 heavy (non-hydrogen) atoms. The molecule has 0 spiro atoms. The number of likely N-dealkylation sites (tertiary alicyclic amines) is 1. The highest BCUT2D eigenvalue weighted by Crippen LogP contribution is 2.32. The molecule has 1 aliphatic heterocycles. The lowest BCUT2D eigenvalue weighted by molar-refractivity contribution is 0.113. The minimum atomic E-state index is -0.348. The molecule has 2 N–H and O–H groups in total. The highest BCUT2D eigenvalue weighted by molar-refractivity contribution is 5.73. The Kier molecular flexibility index (Phi) is 5.66. The minimum absolute atomic E-state index is 0.0578. The van der Waals surface area contributed by atoms with Gasteiger partial charge in [-0.05, 0) is 64.1 Å². The quantitative estimate of drug-likeness (QED) is 0.768. The van der Waals surface area contributed by atoms with E-state index in [2.05, 4.69) is 17.3 Å². The van der Waals surface area contributed by atoms with E-state index in [0.717, 1.165) is 31.7 Å². The van der Waals surface area contributed by atoms with Crippen LogP contribution in [0.15, 0.2) is 0 Å². The fourth-order valence-corrected chi connectivity index (χ4v) is 2.86. The summed E-state index contributed by atoms with van der Waals surface area (Å²) in [6.45, 7) is 3.54. The first-order chi connectivity index (χ1) is 9.56. The topological polar surface area (TPSA) is 55.8 Å². The second-order valence-corrected chi connectivity index (χ2v) is 6.55. The molecular weight excluding hydrogens is 254 g/mol. The van der Waals surface area contributed by atoms with Crippen LogP contribution in [-0.2, 0) is 0 Å². The molecule has 1 aliphatic carbocycles. The van der Waals surface area contributed by atoms with Crippen LogP contribution in [0.5, 0.6) is 0 Å². The van der Waals surface area contributed by atoms with Crippen LogP contribution in [0.1, 0.15) is 32.1 Å². The molecule has 0 aromatic rings. The van der Waals surface area contributed by atoms with Crippen LogP contribution < -0.4 is 5.32 Å². The average Bonchev–Trinajstić information content (AvgIpc) is 3.25. The zero-order valence-corrected chi connectivity index (χ0v) is 12.8. The van der Waals surface area contributed by atoms with Crippen molar-refractivity contribution >= 4 is 6.03 Å². The predicted molar refractivity (Wildman–Crippen MR) is 79.6 cm³/mol. The Bertz CT molecular complexity index is 312. The van der Waals surface area contributed by atoms with Gasteiger partial charge in [-0.25, -0.2) is 4.79 Å². The number of hydrogen-bond donors (Lipinski definition) is 2. The second-order valence-electron chi connectivity index (χ2n) is 6.55. The number of amides is 2. The standard InChI is InChI=1S/C15H29N3O2/c1-17-9-6-12(7-10-17)5-8-16-15(20)18(2)11-14(19)13-3-4-13/h12-14,19H,3-11H2,1-2H3,(H,16,20). The van der Waals surface area contributed by atoms with Crippen LogP contribution in [0, 0.1) is 11.8 Å². The molecule has 2 aliphatic rings. The Morgan fingerprint density at radius 3 is 2.60 bits per heavy atom. The molecule has 2 amide bonds. The zero-order valence-electron chi connectivity index (χ0n) is 12.8. The maximum Gasteiger partial charge on any atom is 0.317 e. The van der Waals surface area contributed by atoms with Crippen LogP contribution in [0.4, 0.5) is 4.79 Å². The molecule has 0 radical (unpaired) electrons. The first-order valence-corrected chi connectivity index (χ1v) is 7.92. The molecule has 0 aromatic heterocycles. The van der Waals surface area contributed by atoms with Gasteiger partial charge in [0.05, 0.1) is 6.10 Å². The molecule has 5 heteroatoms. The minimum Gasteiger partial charge on any atom is -0.391 e. The smallest absolute Gasteiger partial charge is 0.317 e. The molecule has 2 rings (SSSR count). The Morgan fingerprint density at radius 2 is 2.00 bits per heavy atom. The summed E-state index contributed by atoms with van der Waals surface area (Å²) >= 11 is 0. The highest BCUT2D eigenvalue weighted by Gasteiger charge is 2.31. The van der Waals surface area contributed by atoms with Crippen molar-refractivity contribution in [1.82, 2.24) is 15.1 Å². The summed E-state index contributed by atoms with van der Waals surface area (Å²) < 4.78 is 0. The summed E-state index contributed by atoms with van der Waals surface area (Å²) in [6.07, 6.45) is 5.41. The number of piperidine rings is 1. The van der Waals surface area contributed by atoms with E-state index in [9.17, 15) is 9.90 Å². The summed E-state index contributed by atoms with van der Waals surface area (Å²) in [4.78, 5) is 15.9. The summed E-state index contributed by atoms with van der Waals surface area (Å²) in [6, 6.07) is -0.0578. The molecule has 0 aromatic carbocycles. The number of urea groups is 1. The van der Waals surface area contributed by atoms with Gasteiger partial charge in [0.2, 0.25) is 0 Å². The summed E-state index contributed by atoms with van der Waals surface area (Å²) in [5.74, 6) is 1.17. The Balaban J connectivity index is 1.57. The number of hydrogen-bond acceptors (Lipinski definition) is 3. The van der Waals surface area contributed by atoms with E-state index in [0.29, 0.717) is 12.5 Å². The van der Waals surface area contributed by atoms with Crippen molar-refractivity contribution in [2.45, 2.75) is 38.2 Å². The van der Waals surface area contributed by atoms with Gasteiger partial charge in [-0.3, -0.25) is 0 Å². The van der Waals surface area contributed by atoms with E-state index in [4.69, 9.17) is 0 Å². The summed E-state index contributed by atoms with van der Waals surface area (Å²) in [7, 11) is 3.93. The molecule has 116 valence electrons. The molecule has 0 bridgehead atoms. The maximum atomic E-state index is 11.9. The van der Waals surface area contributed by atoms with Gasteiger partial charge in [-0.15, -0.1) is 0 Å². The third-order valence-corrected chi connectivity index (χ3v) is 4.64. The lowest BCUT2D eigenvalue weighted by Crippen LogP contribution is -2.42. The van der Waals surface area contributed by atoms with Gasteiger partial charge in [0, 0.05) is 20.1 Å². The van der Waals surface area contributed by atoms with Gasteiger partial charge in [-0.2, -0.15) is 0 Å². The number of aliphatic hydroxyl groups is 1. The molecule has 5 nitrogen and oxygen atoms in total. The van der Waals surface area contributed by atoms with Gasteiger partial charge in [0.15, 0.2) is 0 Å². The average molecular weight is 283 g/mol. The van der Waals surface area contributed by atoms with Gasteiger partial charge in [-0.1, -0.05) is 0 Å². The van der Waals surface area contributed by atoms with E-state index in [1.165, 1.54) is 25.9 Å². The first kappa shape index (κ1) is 15.6. The second kappa shape index (κ2) is 7.27. The van der Waals surface area contributed by atoms with Crippen molar-refractivity contribution in [2.75, 3.05) is 40.3 Å². The number of rotatable bonds is 6. The van der Waals surface area contributed by atoms with Gasteiger partial charge in [0.1, 0.15) is 0 Å². The first-order valence-electron chi connectivity index (χ1n) is 7.92. The van der Waals surface area contributed by atoms with Crippen molar-refractivity contribution in [1.29, 1.82) is 0 Å². The lowest BCUT2D eigenvalue weighted by atomic mass is 9.94. The van der Waals surface area contributed by atoms with Crippen molar-refractivity contribution < 1.29 is 9.90 Å². The number of carbonyl (C=O) groups is 1. The van der Waals surface area contributed by atoms with Crippen LogP contribution in [0.3, 0.4) is 0 Å². The van der Waals surface area contributed by atoms with Crippen molar-refractivity contribution in [3.05, 3.63) is 0 Å². The van der Waals surface area contributed by atoms with Crippen molar-refractivity contribution in [2.24, 2.45) is 11.8 Å². The number of nitrogens with zero attached hydrogens (tertiary/aromatic N) is 2. The Labute approximate surface area is 122 Å². The van der Waals surface area contributed by atoms with E-state index in [1.807, 2.05) is 0 Å². The largest absolute Gasteiger partial charge is 0.391 e. The maximum absolute atomic E-state index is 11.9. The molecule has 1 atom stereocenters. The molecule has 2 fully saturated rings. The Hall–Kier alpha value is -0.810. The molecular formula is C15H29N3O2. The van der Waals surface area contributed by atoms with E-state index >= 15 is 0 Å². The highest BCUT2D eigenvalue weighted by atomic mass is 16.3.